The first-order valence-corrected chi connectivity index (χ1v) is 7.83. The SMILES string of the molecule is CC(OC(=O)C=Cc1ccncc1)C(=O)N1CCc2ccccc21. The van der Waals surface area contributed by atoms with E-state index in [0.717, 1.165) is 23.2 Å². The van der Waals surface area contributed by atoms with Crippen molar-refractivity contribution in [2.24, 2.45) is 0 Å². The van der Waals surface area contributed by atoms with Crippen LogP contribution < -0.4 is 4.90 Å². The molecule has 24 heavy (non-hydrogen) atoms. The lowest BCUT2D eigenvalue weighted by atomic mass is 10.2. The van der Waals surface area contributed by atoms with Gasteiger partial charge in [-0.05, 0) is 48.7 Å². The summed E-state index contributed by atoms with van der Waals surface area (Å²) in [6.45, 7) is 2.22. The predicted molar refractivity (Wildman–Crippen MR) is 91.3 cm³/mol. The van der Waals surface area contributed by atoms with Gasteiger partial charge < -0.3 is 9.64 Å². The van der Waals surface area contributed by atoms with E-state index in [1.807, 2.05) is 24.3 Å². The van der Waals surface area contributed by atoms with Gasteiger partial charge in [0.15, 0.2) is 6.10 Å². The summed E-state index contributed by atoms with van der Waals surface area (Å²) in [6, 6.07) is 11.3. The van der Waals surface area contributed by atoms with E-state index < -0.39 is 12.1 Å². The van der Waals surface area contributed by atoms with E-state index in [-0.39, 0.29) is 5.91 Å². The lowest BCUT2D eigenvalue weighted by Gasteiger charge is -2.21. The predicted octanol–water partition coefficient (Wildman–Crippen LogP) is 2.62. The Morgan fingerprint density at radius 1 is 1.21 bits per heavy atom. The molecule has 0 saturated carbocycles. The number of esters is 1. The molecule has 1 aliphatic rings. The number of ether oxygens (including phenoxy) is 1. The summed E-state index contributed by atoms with van der Waals surface area (Å²) in [5.74, 6) is -0.745. The third kappa shape index (κ3) is 3.51. The highest BCUT2D eigenvalue weighted by Crippen LogP contribution is 2.28. The van der Waals surface area contributed by atoms with Crippen LogP contribution in [0.1, 0.15) is 18.1 Å². The van der Waals surface area contributed by atoms with E-state index in [2.05, 4.69) is 4.98 Å². The highest BCUT2D eigenvalue weighted by Gasteiger charge is 2.29. The van der Waals surface area contributed by atoms with E-state index in [4.69, 9.17) is 4.74 Å². The van der Waals surface area contributed by atoms with Crippen LogP contribution in [0.2, 0.25) is 0 Å². The number of fused-ring (bicyclic) bond motifs is 1. The number of amides is 1. The van der Waals surface area contributed by atoms with Gasteiger partial charge in [-0.25, -0.2) is 4.79 Å². The van der Waals surface area contributed by atoms with Crippen LogP contribution in [0.5, 0.6) is 0 Å². The summed E-state index contributed by atoms with van der Waals surface area (Å²) in [5.41, 5.74) is 2.88. The van der Waals surface area contributed by atoms with Crippen molar-refractivity contribution in [1.82, 2.24) is 4.98 Å². The topological polar surface area (TPSA) is 59.5 Å². The van der Waals surface area contributed by atoms with Gasteiger partial charge in [-0.15, -0.1) is 0 Å². The minimum Gasteiger partial charge on any atom is -0.449 e. The summed E-state index contributed by atoms with van der Waals surface area (Å²) in [6.07, 6.45) is 6.23. The molecule has 1 aliphatic heterocycles. The van der Waals surface area contributed by atoms with Crippen LogP contribution in [0.25, 0.3) is 6.08 Å². The molecule has 122 valence electrons. The van der Waals surface area contributed by atoms with Gasteiger partial charge in [0.25, 0.3) is 5.91 Å². The number of pyridine rings is 1. The van der Waals surface area contributed by atoms with Gasteiger partial charge in [-0.1, -0.05) is 18.2 Å². The number of hydrogen-bond donors (Lipinski definition) is 0. The van der Waals surface area contributed by atoms with Crippen molar-refractivity contribution in [2.75, 3.05) is 11.4 Å². The van der Waals surface area contributed by atoms with Crippen LogP contribution in [-0.2, 0) is 20.7 Å². The number of benzene rings is 1. The molecule has 0 radical (unpaired) electrons. The number of carbonyl (C=O) groups is 2. The molecule has 1 unspecified atom stereocenters. The Morgan fingerprint density at radius 2 is 1.96 bits per heavy atom. The van der Waals surface area contributed by atoms with Crippen molar-refractivity contribution in [2.45, 2.75) is 19.4 Å². The van der Waals surface area contributed by atoms with Crippen molar-refractivity contribution in [1.29, 1.82) is 0 Å². The van der Waals surface area contributed by atoms with Gasteiger partial charge in [0.05, 0.1) is 0 Å². The standard InChI is InChI=1S/C19H18N2O3/c1-14(24-18(22)7-6-15-8-11-20-12-9-15)19(23)21-13-10-16-4-2-3-5-17(16)21/h2-9,11-12,14H,10,13H2,1H3. The minimum absolute atomic E-state index is 0.203. The third-order valence-corrected chi connectivity index (χ3v) is 3.91. The molecular formula is C19H18N2O3. The molecule has 3 rings (SSSR count). The lowest BCUT2D eigenvalue weighted by Crippen LogP contribution is -2.38. The highest BCUT2D eigenvalue weighted by atomic mass is 16.5. The van der Waals surface area contributed by atoms with Crippen LogP contribution in [0.4, 0.5) is 5.69 Å². The van der Waals surface area contributed by atoms with Gasteiger partial charge >= 0.3 is 5.97 Å². The van der Waals surface area contributed by atoms with E-state index in [1.54, 1.807) is 42.4 Å². The molecule has 5 heteroatoms. The molecule has 2 aromatic rings. The van der Waals surface area contributed by atoms with Crippen LogP contribution in [0.3, 0.4) is 0 Å². The summed E-state index contributed by atoms with van der Waals surface area (Å²) in [5, 5.41) is 0. The van der Waals surface area contributed by atoms with Crippen LogP contribution in [0, 0.1) is 0 Å². The summed E-state index contributed by atoms with van der Waals surface area (Å²) < 4.78 is 5.23. The number of aromatic nitrogens is 1. The molecule has 1 atom stereocenters. The average Bonchev–Trinajstić information content (AvgIpc) is 3.04. The van der Waals surface area contributed by atoms with Crippen molar-refractivity contribution in [3.63, 3.8) is 0 Å². The number of nitrogens with zero attached hydrogens (tertiary/aromatic N) is 2. The second-order valence-electron chi connectivity index (χ2n) is 5.56. The Balaban J connectivity index is 1.61. The maximum atomic E-state index is 12.5. The van der Waals surface area contributed by atoms with Gasteiger partial charge in [0.2, 0.25) is 0 Å². The van der Waals surface area contributed by atoms with Crippen LogP contribution in [-0.4, -0.2) is 29.5 Å². The van der Waals surface area contributed by atoms with Crippen LogP contribution in [0.15, 0.2) is 54.9 Å². The van der Waals surface area contributed by atoms with Gasteiger partial charge in [0.1, 0.15) is 0 Å². The molecule has 1 aromatic heterocycles. The fraction of sp³-hybridized carbons (Fsp3) is 0.211. The fourth-order valence-electron chi connectivity index (χ4n) is 2.69. The van der Waals surface area contributed by atoms with E-state index in [1.165, 1.54) is 6.08 Å². The smallest absolute Gasteiger partial charge is 0.331 e. The largest absolute Gasteiger partial charge is 0.449 e. The van der Waals surface area contributed by atoms with E-state index in [9.17, 15) is 9.59 Å². The van der Waals surface area contributed by atoms with E-state index >= 15 is 0 Å². The van der Waals surface area contributed by atoms with Crippen molar-refractivity contribution >= 4 is 23.6 Å². The minimum atomic E-state index is -0.828. The number of para-hydroxylation sites is 1. The molecule has 5 nitrogen and oxygen atoms in total. The second kappa shape index (κ2) is 7.08. The van der Waals surface area contributed by atoms with Gasteiger partial charge in [-0.3, -0.25) is 9.78 Å². The zero-order valence-corrected chi connectivity index (χ0v) is 13.4. The van der Waals surface area contributed by atoms with Crippen molar-refractivity contribution < 1.29 is 14.3 Å². The van der Waals surface area contributed by atoms with Gasteiger partial charge in [0, 0.05) is 30.7 Å². The molecule has 0 spiro atoms. The number of rotatable bonds is 4. The Kier molecular flexibility index (Phi) is 4.70. The highest BCUT2D eigenvalue weighted by molar-refractivity contribution is 6.00. The van der Waals surface area contributed by atoms with Gasteiger partial charge in [-0.2, -0.15) is 0 Å². The zero-order valence-electron chi connectivity index (χ0n) is 13.4. The summed E-state index contributed by atoms with van der Waals surface area (Å²) in [4.78, 5) is 30.0. The number of carbonyl (C=O) groups excluding carboxylic acids is 2. The maximum Gasteiger partial charge on any atom is 0.331 e. The second-order valence-corrected chi connectivity index (χ2v) is 5.56. The first-order chi connectivity index (χ1) is 11.6. The van der Waals surface area contributed by atoms with Crippen molar-refractivity contribution in [3.05, 3.63) is 66.0 Å². The molecule has 2 heterocycles. The molecule has 0 N–H and O–H groups in total. The Hall–Kier alpha value is -2.95. The average molecular weight is 322 g/mol. The first kappa shape index (κ1) is 15.9. The lowest BCUT2D eigenvalue weighted by molar-refractivity contribution is -0.149. The number of anilines is 1. The normalized spacial score (nSPS) is 14.5. The molecular weight excluding hydrogens is 304 g/mol. The molecule has 0 fully saturated rings. The Morgan fingerprint density at radius 3 is 2.75 bits per heavy atom. The molecule has 0 aliphatic carbocycles. The monoisotopic (exact) mass is 322 g/mol. The molecule has 1 aromatic carbocycles. The maximum absolute atomic E-state index is 12.5. The molecule has 0 saturated heterocycles. The third-order valence-electron chi connectivity index (χ3n) is 3.91. The summed E-state index contributed by atoms with van der Waals surface area (Å²) >= 11 is 0. The van der Waals surface area contributed by atoms with E-state index in [0.29, 0.717) is 6.54 Å². The zero-order chi connectivity index (χ0) is 16.9. The summed E-state index contributed by atoms with van der Waals surface area (Å²) in [7, 11) is 0. The quantitative estimate of drug-likeness (QED) is 0.641. The Labute approximate surface area is 140 Å². The Bertz CT molecular complexity index is 771. The van der Waals surface area contributed by atoms with Crippen LogP contribution >= 0.6 is 0 Å². The van der Waals surface area contributed by atoms with Crippen molar-refractivity contribution in [3.8, 4) is 0 Å². The number of hydrogen-bond acceptors (Lipinski definition) is 4. The molecule has 1 amide bonds. The fourth-order valence-corrected chi connectivity index (χ4v) is 2.69. The molecule has 0 bridgehead atoms. The first-order valence-electron chi connectivity index (χ1n) is 7.83.